The standard InChI is InChI=1S/C27H25NO4/c1-17-7-6-8-19(11-17)13-24-26(29)25-18(2)12-23-21(27(25)32-24)15-28(16-31-23)14-20-9-4-5-10-22(20)30-3/h4-13H,14-16H2,1-3H3/b24-13-. The minimum absolute atomic E-state index is 0.0799. The second kappa shape index (κ2) is 8.17. The van der Waals surface area contributed by atoms with E-state index < -0.39 is 0 Å². The van der Waals surface area contributed by atoms with E-state index in [0.29, 0.717) is 36.9 Å². The maximum absolute atomic E-state index is 13.2. The Morgan fingerprint density at radius 3 is 2.75 bits per heavy atom. The third kappa shape index (κ3) is 3.65. The number of nitrogens with zero attached hydrogens (tertiary/aromatic N) is 1. The van der Waals surface area contributed by atoms with E-state index >= 15 is 0 Å². The molecule has 0 saturated carbocycles. The van der Waals surface area contributed by atoms with Crippen LogP contribution in [0.15, 0.2) is 60.4 Å². The zero-order valence-corrected chi connectivity index (χ0v) is 18.5. The highest BCUT2D eigenvalue weighted by Crippen LogP contribution is 2.44. The molecule has 0 bridgehead atoms. The molecule has 2 heterocycles. The van der Waals surface area contributed by atoms with E-state index in [4.69, 9.17) is 14.2 Å². The van der Waals surface area contributed by atoms with Crippen LogP contribution in [0.2, 0.25) is 0 Å². The summed E-state index contributed by atoms with van der Waals surface area (Å²) < 4.78 is 17.7. The first kappa shape index (κ1) is 20.3. The number of hydrogen-bond donors (Lipinski definition) is 0. The van der Waals surface area contributed by atoms with Crippen molar-refractivity contribution < 1.29 is 19.0 Å². The van der Waals surface area contributed by atoms with E-state index in [9.17, 15) is 4.79 Å². The molecule has 32 heavy (non-hydrogen) atoms. The van der Waals surface area contributed by atoms with Crippen molar-refractivity contribution in [3.63, 3.8) is 0 Å². The molecule has 0 amide bonds. The lowest BCUT2D eigenvalue weighted by Crippen LogP contribution is -2.32. The van der Waals surface area contributed by atoms with Gasteiger partial charge in [0.05, 0.1) is 18.2 Å². The average molecular weight is 428 g/mol. The number of fused-ring (bicyclic) bond motifs is 3. The molecule has 162 valence electrons. The highest BCUT2D eigenvalue weighted by molar-refractivity contribution is 6.15. The van der Waals surface area contributed by atoms with Crippen LogP contribution in [-0.4, -0.2) is 24.5 Å². The van der Waals surface area contributed by atoms with Gasteiger partial charge in [-0.1, -0.05) is 48.0 Å². The predicted molar refractivity (Wildman–Crippen MR) is 123 cm³/mol. The third-order valence-electron chi connectivity index (χ3n) is 5.91. The van der Waals surface area contributed by atoms with Crippen LogP contribution in [0, 0.1) is 13.8 Å². The fraction of sp³-hybridized carbons (Fsp3) is 0.222. The Labute approximate surface area is 187 Å². The number of ketones is 1. The zero-order chi connectivity index (χ0) is 22.2. The van der Waals surface area contributed by atoms with Crippen molar-refractivity contribution in [2.75, 3.05) is 13.8 Å². The summed E-state index contributed by atoms with van der Waals surface area (Å²) in [5, 5.41) is 0. The van der Waals surface area contributed by atoms with Crippen LogP contribution in [0.4, 0.5) is 0 Å². The van der Waals surface area contributed by atoms with Crippen molar-refractivity contribution in [2.45, 2.75) is 26.9 Å². The first-order valence-corrected chi connectivity index (χ1v) is 10.7. The average Bonchev–Trinajstić information content (AvgIpc) is 3.11. The molecule has 0 N–H and O–H groups in total. The number of para-hydroxylation sites is 1. The molecule has 0 fully saturated rings. The Morgan fingerprint density at radius 2 is 1.94 bits per heavy atom. The van der Waals surface area contributed by atoms with Gasteiger partial charge >= 0.3 is 0 Å². The lowest BCUT2D eigenvalue weighted by molar-refractivity contribution is 0.0864. The minimum Gasteiger partial charge on any atom is -0.496 e. The van der Waals surface area contributed by atoms with Crippen LogP contribution in [0.25, 0.3) is 6.08 Å². The van der Waals surface area contributed by atoms with Crippen LogP contribution in [-0.2, 0) is 13.1 Å². The molecule has 0 atom stereocenters. The molecule has 0 spiro atoms. The summed E-state index contributed by atoms with van der Waals surface area (Å²) in [6.45, 7) is 5.72. The van der Waals surface area contributed by atoms with Gasteiger partial charge in [0.25, 0.3) is 0 Å². The number of Topliss-reactive ketones (excluding diaryl/α,β-unsaturated/α-hetero) is 1. The zero-order valence-electron chi connectivity index (χ0n) is 18.5. The highest BCUT2D eigenvalue weighted by Gasteiger charge is 2.35. The molecule has 0 saturated heterocycles. The molecule has 0 radical (unpaired) electrons. The van der Waals surface area contributed by atoms with Gasteiger partial charge in [0.1, 0.15) is 24.0 Å². The van der Waals surface area contributed by atoms with Gasteiger partial charge in [-0.3, -0.25) is 9.69 Å². The van der Waals surface area contributed by atoms with Gasteiger partial charge in [-0.2, -0.15) is 0 Å². The molecule has 3 aromatic rings. The second-order valence-corrected chi connectivity index (χ2v) is 8.30. The highest BCUT2D eigenvalue weighted by atomic mass is 16.5. The van der Waals surface area contributed by atoms with E-state index in [2.05, 4.69) is 11.0 Å². The fourth-order valence-electron chi connectivity index (χ4n) is 4.36. The summed E-state index contributed by atoms with van der Waals surface area (Å²) in [5.74, 6) is 2.52. The Hall–Kier alpha value is -3.57. The molecule has 3 aromatic carbocycles. The largest absolute Gasteiger partial charge is 0.496 e. The van der Waals surface area contributed by atoms with E-state index in [1.165, 1.54) is 0 Å². The van der Waals surface area contributed by atoms with Crippen LogP contribution in [0.5, 0.6) is 17.2 Å². The molecule has 2 aliphatic rings. The molecular weight excluding hydrogens is 402 g/mol. The minimum atomic E-state index is -0.0799. The first-order chi connectivity index (χ1) is 15.5. The van der Waals surface area contributed by atoms with E-state index in [1.807, 2.05) is 68.5 Å². The Morgan fingerprint density at radius 1 is 1.09 bits per heavy atom. The van der Waals surface area contributed by atoms with Gasteiger partial charge in [-0.05, 0) is 43.2 Å². The summed E-state index contributed by atoms with van der Waals surface area (Å²) in [6.07, 6.45) is 1.82. The molecule has 5 heteroatoms. The van der Waals surface area contributed by atoms with Crippen molar-refractivity contribution in [2.24, 2.45) is 0 Å². The summed E-state index contributed by atoms with van der Waals surface area (Å²) in [5.41, 5.74) is 5.58. The number of carbonyl (C=O) groups is 1. The smallest absolute Gasteiger partial charge is 0.232 e. The van der Waals surface area contributed by atoms with E-state index in [1.54, 1.807) is 7.11 Å². The number of rotatable bonds is 4. The topological polar surface area (TPSA) is 48.0 Å². The van der Waals surface area contributed by atoms with Gasteiger partial charge in [0.2, 0.25) is 5.78 Å². The van der Waals surface area contributed by atoms with Gasteiger partial charge in [0, 0.05) is 18.7 Å². The molecular formula is C27H25NO4. The maximum atomic E-state index is 13.2. The van der Waals surface area contributed by atoms with Gasteiger partial charge in [-0.25, -0.2) is 0 Å². The lowest BCUT2D eigenvalue weighted by Gasteiger charge is -2.30. The fourth-order valence-corrected chi connectivity index (χ4v) is 4.36. The summed E-state index contributed by atoms with van der Waals surface area (Å²) >= 11 is 0. The second-order valence-electron chi connectivity index (χ2n) is 8.30. The van der Waals surface area contributed by atoms with Crippen LogP contribution in [0.3, 0.4) is 0 Å². The molecule has 2 aliphatic heterocycles. The Kier molecular flexibility index (Phi) is 5.19. The normalized spacial score (nSPS) is 16.3. The molecule has 0 aromatic heterocycles. The third-order valence-corrected chi connectivity index (χ3v) is 5.91. The molecule has 0 aliphatic carbocycles. The molecule has 0 unspecified atom stereocenters. The summed E-state index contributed by atoms with van der Waals surface area (Å²) in [6, 6.07) is 17.9. The van der Waals surface area contributed by atoms with Crippen LogP contribution < -0.4 is 14.2 Å². The van der Waals surface area contributed by atoms with E-state index in [-0.39, 0.29) is 5.78 Å². The van der Waals surface area contributed by atoms with Crippen molar-refractivity contribution in [1.82, 2.24) is 4.90 Å². The van der Waals surface area contributed by atoms with Crippen molar-refractivity contribution in [1.29, 1.82) is 0 Å². The number of methoxy groups -OCH3 is 1. The number of carbonyl (C=O) groups excluding carboxylic acids is 1. The first-order valence-electron chi connectivity index (χ1n) is 10.7. The van der Waals surface area contributed by atoms with E-state index in [0.717, 1.165) is 39.3 Å². The number of hydrogen-bond acceptors (Lipinski definition) is 5. The monoisotopic (exact) mass is 427 g/mol. The predicted octanol–water partition coefficient (Wildman–Crippen LogP) is 5.28. The number of benzene rings is 3. The lowest BCUT2D eigenvalue weighted by atomic mass is 9.98. The summed E-state index contributed by atoms with van der Waals surface area (Å²) in [7, 11) is 1.68. The molecule has 5 nitrogen and oxygen atoms in total. The Bertz CT molecular complexity index is 1240. The van der Waals surface area contributed by atoms with Crippen molar-refractivity contribution in [3.8, 4) is 17.2 Å². The number of ether oxygens (including phenoxy) is 3. The summed E-state index contributed by atoms with van der Waals surface area (Å²) in [4.78, 5) is 15.4. The quantitative estimate of drug-likeness (QED) is 0.530. The number of aryl methyl sites for hydroxylation is 2. The number of allylic oxidation sites excluding steroid dienone is 1. The van der Waals surface area contributed by atoms with Crippen LogP contribution in [0.1, 0.15) is 38.2 Å². The molecule has 5 rings (SSSR count). The van der Waals surface area contributed by atoms with Crippen molar-refractivity contribution in [3.05, 3.63) is 93.7 Å². The Balaban J connectivity index is 1.47. The van der Waals surface area contributed by atoms with Gasteiger partial charge in [0.15, 0.2) is 5.76 Å². The van der Waals surface area contributed by atoms with Crippen LogP contribution >= 0.6 is 0 Å². The van der Waals surface area contributed by atoms with Gasteiger partial charge < -0.3 is 14.2 Å². The van der Waals surface area contributed by atoms with Gasteiger partial charge in [-0.15, -0.1) is 0 Å². The SMILES string of the molecule is COc1ccccc1CN1COc2cc(C)c3c(c2C1)O/C(=C\c1cccc(C)c1)C3=O. The maximum Gasteiger partial charge on any atom is 0.232 e. The van der Waals surface area contributed by atoms with Crippen molar-refractivity contribution >= 4 is 11.9 Å².